The normalized spacial score (nSPS) is 26.6. The summed E-state index contributed by atoms with van der Waals surface area (Å²) in [5.74, 6) is 1.15. The highest BCUT2D eigenvalue weighted by Gasteiger charge is 2.25. The zero-order chi connectivity index (χ0) is 18.5. The second-order valence-electron chi connectivity index (χ2n) is 6.97. The first kappa shape index (κ1) is 19.3. The van der Waals surface area contributed by atoms with E-state index in [0.29, 0.717) is 12.0 Å². The van der Waals surface area contributed by atoms with Crippen molar-refractivity contribution in [3.63, 3.8) is 0 Å². The summed E-state index contributed by atoms with van der Waals surface area (Å²) >= 11 is 7.80. The molecule has 0 spiro atoms. The van der Waals surface area contributed by atoms with E-state index in [1.165, 1.54) is 10.5 Å². The SMILES string of the molecule is CN=C(N)C1CCC[C@@H](N=C2SC(c3ccc(Cl)cc3)=CCCN2C)C1. The molecule has 1 aliphatic carbocycles. The number of halogens is 1. The van der Waals surface area contributed by atoms with Crippen LogP contribution in [0.25, 0.3) is 4.91 Å². The van der Waals surface area contributed by atoms with Gasteiger partial charge in [0.15, 0.2) is 5.17 Å². The lowest BCUT2D eigenvalue weighted by Crippen LogP contribution is -2.32. The van der Waals surface area contributed by atoms with E-state index >= 15 is 0 Å². The van der Waals surface area contributed by atoms with Crippen molar-refractivity contribution in [3.05, 3.63) is 40.9 Å². The van der Waals surface area contributed by atoms with Crippen molar-refractivity contribution in [3.8, 4) is 0 Å². The minimum absolute atomic E-state index is 0.323. The molecule has 2 N–H and O–H groups in total. The van der Waals surface area contributed by atoms with Crippen LogP contribution in [-0.2, 0) is 0 Å². The molecule has 0 aromatic heterocycles. The largest absolute Gasteiger partial charge is 0.387 e. The van der Waals surface area contributed by atoms with Gasteiger partial charge in [-0.15, -0.1) is 0 Å². The number of hydrogen-bond donors (Lipinski definition) is 1. The molecule has 0 amide bonds. The van der Waals surface area contributed by atoms with Crippen LogP contribution in [-0.4, -0.2) is 42.6 Å². The van der Waals surface area contributed by atoms with Gasteiger partial charge in [-0.2, -0.15) is 0 Å². The molecule has 1 aromatic carbocycles. The van der Waals surface area contributed by atoms with Crippen LogP contribution in [0.2, 0.25) is 5.02 Å². The van der Waals surface area contributed by atoms with Gasteiger partial charge in [0, 0.05) is 36.5 Å². The van der Waals surface area contributed by atoms with Crippen LogP contribution >= 0.6 is 23.4 Å². The molecule has 26 heavy (non-hydrogen) atoms. The molecule has 2 atom stereocenters. The molecule has 1 unspecified atom stereocenters. The number of hydrogen-bond acceptors (Lipinski definition) is 3. The molecule has 1 aliphatic heterocycles. The van der Waals surface area contributed by atoms with Crippen LogP contribution in [0.15, 0.2) is 40.3 Å². The average molecular weight is 391 g/mol. The fourth-order valence-electron chi connectivity index (χ4n) is 3.51. The van der Waals surface area contributed by atoms with E-state index in [2.05, 4.69) is 35.1 Å². The number of aliphatic imine (C=N–C) groups is 2. The molecule has 0 bridgehead atoms. The van der Waals surface area contributed by atoms with Crippen LogP contribution in [0, 0.1) is 5.92 Å². The highest BCUT2D eigenvalue weighted by atomic mass is 35.5. The molecular formula is C20H27ClN4S. The van der Waals surface area contributed by atoms with Gasteiger partial charge in [-0.25, -0.2) is 0 Å². The maximum absolute atomic E-state index is 6.07. The summed E-state index contributed by atoms with van der Waals surface area (Å²) in [5, 5.41) is 1.86. The van der Waals surface area contributed by atoms with Gasteiger partial charge in [0.05, 0.1) is 11.9 Å². The summed E-state index contributed by atoms with van der Waals surface area (Å²) in [7, 11) is 3.91. The Balaban J connectivity index is 1.77. The lowest BCUT2D eigenvalue weighted by molar-refractivity contribution is 0.385. The fourth-order valence-corrected chi connectivity index (χ4v) is 4.73. The summed E-state index contributed by atoms with van der Waals surface area (Å²) in [4.78, 5) is 12.8. The van der Waals surface area contributed by atoms with E-state index < -0.39 is 0 Å². The Labute approximate surface area is 165 Å². The van der Waals surface area contributed by atoms with Gasteiger partial charge in [0.25, 0.3) is 0 Å². The fraction of sp³-hybridized carbons (Fsp3) is 0.500. The molecule has 1 saturated carbocycles. The molecule has 0 radical (unpaired) electrons. The predicted octanol–water partition coefficient (Wildman–Crippen LogP) is 4.65. The van der Waals surface area contributed by atoms with Crippen molar-refractivity contribution < 1.29 is 0 Å². The second-order valence-corrected chi connectivity index (χ2v) is 8.41. The molecule has 1 fully saturated rings. The average Bonchev–Trinajstić information content (AvgIpc) is 2.84. The Morgan fingerprint density at radius 3 is 2.77 bits per heavy atom. The van der Waals surface area contributed by atoms with Gasteiger partial charge in [-0.05, 0) is 43.4 Å². The van der Waals surface area contributed by atoms with E-state index in [4.69, 9.17) is 22.3 Å². The first-order chi connectivity index (χ1) is 12.6. The first-order valence-electron chi connectivity index (χ1n) is 9.22. The van der Waals surface area contributed by atoms with Gasteiger partial charge in [0.2, 0.25) is 0 Å². The third kappa shape index (κ3) is 4.83. The van der Waals surface area contributed by atoms with Gasteiger partial charge < -0.3 is 10.6 Å². The van der Waals surface area contributed by atoms with Crippen LogP contribution in [0.4, 0.5) is 0 Å². The summed E-state index contributed by atoms with van der Waals surface area (Å²) in [6.45, 7) is 0.984. The molecular weight excluding hydrogens is 364 g/mol. The Kier molecular flexibility index (Phi) is 6.65. The Hall–Kier alpha value is -1.46. The Morgan fingerprint density at radius 1 is 1.27 bits per heavy atom. The number of nitrogens with zero attached hydrogens (tertiary/aromatic N) is 3. The molecule has 1 aromatic rings. The maximum atomic E-state index is 6.07. The third-order valence-corrected chi connectivity index (χ3v) is 6.54. The van der Waals surface area contributed by atoms with E-state index in [9.17, 15) is 0 Å². The number of amidine groups is 2. The molecule has 140 valence electrons. The number of rotatable bonds is 3. The second kappa shape index (κ2) is 8.96. The standard InChI is InChI=1S/C20H27ClN4S/c1-23-19(22)15-5-3-6-17(13-15)24-20-25(2)12-4-7-18(26-20)14-8-10-16(21)11-9-14/h7-11,15,17H,3-6,12-13H2,1-2H3,(H2,22,23)/t15?,17-/m1/s1. The first-order valence-corrected chi connectivity index (χ1v) is 10.4. The van der Waals surface area contributed by atoms with E-state index in [-0.39, 0.29) is 0 Å². The van der Waals surface area contributed by atoms with Crippen molar-refractivity contribution in [1.29, 1.82) is 0 Å². The third-order valence-electron chi connectivity index (χ3n) is 5.07. The molecule has 1 heterocycles. The lowest BCUT2D eigenvalue weighted by atomic mass is 9.85. The van der Waals surface area contributed by atoms with E-state index in [0.717, 1.165) is 54.7 Å². The van der Waals surface area contributed by atoms with Gasteiger partial charge in [-0.3, -0.25) is 9.98 Å². The quantitative estimate of drug-likeness (QED) is 0.603. The Morgan fingerprint density at radius 2 is 2.04 bits per heavy atom. The van der Waals surface area contributed by atoms with Crippen LogP contribution < -0.4 is 5.73 Å². The number of thioether (sulfide) groups is 1. The van der Waals surface area contributed by atoms with Crippen LogP contribution in [0.5, 0.6) is 0 Å². The minimum Gasteiger partial charge on any atom is -0.387 e. The van der Waals surface area contributed by atoms with Gasteiger partial charge in [0.1, 0.15) is 0 Å². The van der Waals surface area contributed by atoms with Crippen molar-refractivity contribution in [2.24, 2.45) is 21.6 Å². The monoisotopic (exact) mass is 390 g/mol. The van der Waals surface area contributed by atoms with Crippen LogP contribution in [0.1, 0.15) is 37.7 Å². The van der Waals surface area contributed by atoms with Gasteiger partial charge >= 0.3 is 0 Å². The minimum atomic E-state index is 0.323. The summed E-state index contributed by atoms with van der Waals surface area (Å²) in [6.07, 6.45) is 7.74. The van der Waals surface area contributed by atoms with E-state index in [1.807, 2.05) is 12.1 Å². The molecule has 0 saturated heterocycles. The maximum Gasteiger partial charge on any atom is 0.164 e. The summed E-state index contributed by atoms with van der Waals surface area (Å²) in [6, 6.07) is 8.38. The molecule has 4 nitrogen and oxygen atoms in total. The molecule has 6 heteroatoms. The number of nitrogens with two attached hydrogens (primary N) is 1. The summed E-state index contributed by atoms with van der Waals surface area (Å²) in [5.41, 5.74) is 7.27. The van der Waals surface area contributed by atoms with E-state index in [1.54, 1.807) is 18.8 Å². The zero-order valence-corrected chi connectivity index (χ0v) is 17.1. The molecule has 2 aliphatic rings. The highest BCUT2D eigenvalue weighted by Crippen LogP contribution is 2.34. The Bertz CT molecular complexity index is 711. The zero-order valence-electron chi connectivity index (χ0n) is 15.5. The van der Waals surface area contributed by atoms with Crippen molar-refractivity contribution in [2.45, 2.75) is 38.1 Å². The lowest BCUT2D eigenvalue weighted by Gasteiger charge is -2.28. The highest BCUT2D eigenvalue weighted by molar-refractivity contribution is 8.21. The predicted molar refractivity (Wildman–Crippen MR) is 115 cm³/mol. The van der Waals surface area contributed by atoms with Gasteiger partial charge in [-0.1, -0.05) is 48.0 Å². The topological polar surface area (TPSA) is 54.0 Å². The van der Waals surface area contributed by atoms with Crippen LogP contribution in [0.3, 0.4) is 0 Å². The molecule has 3 rings (SSSR count). The van der Waals surface area contributed by atoms with Crippen molar-refractivity contribution in [1.82, 2.24) is 4.90 Å². The smallest absolute Gasteiger partial charge is 0.164 e. The van der Waals surface area contributed by atoms with Crippen molar-refractivity contribution >= 4 is 39.3 Å². The summed E-state index contributed by atoms with van der Waals surface area (Å²) < 4.78 is 0. The number of benzene rings is 1. The van der Waals surface area contributed by atoms with Crippen molar-refractivity contribution in [2.75, 3.05) is 20.6 Å².